The van der Waals surface area contributed by atoms with Crippen LogP contribution in [0.4, 0.5) is 10.5 Å². The van der Waals surface area contributed by atoms with Crippen molar-refractivity contribution in [2.75, 3.05) is 31.3 Å². The average molecular weight is 644 g/mol. The number of nitrogens with one attached hydrogen (secondary N) is 3. The van der Waals surface area contributed by atoms with E-state index in [9.17, 15) is 9.59 Å². The normalized spacial score (nSPS) is 17.0. The number of para-hydroxylation sites is 1. The van der Waals surface area contributed by atoms with Crippen LogP contribution in [-0.2, 0) is 20.7 Å². The van der Waals surface area contributed by atoms with E-state index in [1.54, 1.807) is 11.8 Å². The molecule has 1 heterocycles. The first-order valence-corrected chi connectivity index (χ1v) is 16.4. The largest absolute Gasteiger partial charge is 0.453 e. The van der Waals surface area contributed by atoms with Crippen LogP contribution in [-0.4, -0.2) is 56.2 Å². The molecule has 0 radical (unpaired) electrons. The summed E-state index contributed by atoms with van der Waals surface area (Å²) in [4.78, 5) is 27.7. The van der Waals surface area contributed by atoms with Gasteiger partial charge in [-0.05, 0) is 53.8 Å². The summed E-state index contributed by atoms with van der Waals surface area (Å²) >= 11 is 7.88. The highest BCUT2D eigenvalue weighted by molar-refractivity contribution is 7.99. The number of morpholine rings is 1. The number of amides is 2. The van der Waals surface area contributed by atoms with Gasteiger partial charge in [-0.15, -0.1) is 11.8 Å². The second-order valence-electron chi connectivity index (χ2n) is 10.9. The van der Waals surface area contributed by atoms with E-state index in [-0.39, 0.29) is 18.1 Å². The molecule has 45 heavy (non-hydrogen) atoms. The summed E-state index contributed by atoms with van der Waals surface area (Å²) in [5.74, 6) is 0.0519. The van der Waals surface area contributed by atoms with Crippen LogP contribution < -0.4 is 16.0 Å². The number of hydrogen-bond donors (Lipinski definition) is 3. The number of benzene rings is 4. The molecule has 1 aliphatic heterocycles. The summed E-state index contributed by atoms with van der Waals surface area (Å²) in [6.07, 6.45) is 0.957. The number of carbonyl (C=O) groups excluding carboxylic acids is 2. The molecule has 9 heteroatoms. The lowest BCUT2D eigenvalue weighted by Gasteiger charge is -2.31. The number of methoxy groups -OCH3 is 1. The van der Waals surface area contributed by atoms with Crippen LogP contribution in [0.3, 0.4) is 0 Å². The molecule has 0 spiro atoms. The molecule has 4 aromatic rings. The van der Waals surface area contributed by atoms with Crippen molar-refractivity contribution >= 4 is 41.1 Å². The second-order valence-corrected chi connectivity index (χ2v) is 12.4. The van der Waals surface area contributed by atoms with Gasteiger partial charge in [-0.3, -0.25) is 4.79 Å². The molecule has 3 atom stereocenters. The molecular weight excluding hydrogens is 606 g/mol. The SMILES string of the molecule is COC(=O)N[C@H](C(=O)Nc1ccccc1CC[C@@H]1CNC[C@@H](CSc2cccc(Cl)c2)O1)C(c1ccccc1)c1ccccc1. The summed E-state index contributed by atoms with van der Waals surface area (Å²) < 4.78 is 11.4. The lowest BCUT2D eigenvalue weighted by Crippen LogP contribution is -2.48. The second kappa shape index (κ2) is 16.5. The van der Waals surface area contributed by atoms with Crippen LogP contribution in [0, 0.1) is 0 Å². The van der Waals surface area contributed by atoms with E-state index in [0.29, 0.717) is 12.1 Å². The van der Waals surface area contributed by atoms with Gasteiger partial charge in [0.25, 0.3) is 0 Å². The fraction of sp³-hybridized carbons (Fsp3) is 0.278. The number of thioether (sulfide) groups is 1. The van der Waals surface area contributed by atoms with Crippen molar-refractivity contribution in [1.82, 2.24) is 10.6 Å². The van der Waals surface area contributed by atoms with Gasteiger partial charge in [0.05, 0.1) is 19.3 Å². The third kappa shape index (κ3) is 9.34. The zero-order valence-corrected chi connectivity index (χ0v) is 26.7. The highest BCUT2D eigenvalue weighted by Gasteiger charge is 2.33. The molecule has 0 aromatic heterocycles. The molecule has 3 N–H and O–H groups in total. The van der Waals surface area contributed by atoms with Crippen LogP contribution in [0.5, 0.6) is 0 Å². The van der Waals surface area contributed by atoms with Gasteiger partial charge >= 0.3 is 6.09 Å². The smallest absolute Gasteiger partial charge is 0.407 e. The Hall–Kier alpha value is -3.82. The number of anilines is 1. The molecule has 1 fully saturated rings. The molecule has 4 aromatic carbocycles. The molecule has 234 valence electrons. The van der Waals surface area contributed by atoms with Crippen LogP contribution in [0.1, 0.15) is 29.0 Å². The summed E-state index contributed by atoms with van der Waals surface area (Å²) in [5, 5.41) is 10.2. The predicted octanol–water partition coefficient (Wildman–Crippen LogP) is 6.92. The standard InChI is InChI=1S/C36H38ClN3O4S/c1-43-36(42)40-34(33(26-12-4-2-5-13-26)27-14-6-3-7-15-27)35(41)39-32-18-9-8-11-25(32)19-20-29-22-38-23-30(44-29)24-45-31-17-10-16-28(37)21-31/h2-18,21,29-30,33-34,38H,19-20,22-24H2,1H3,(H,39,41)(H,40,42)/t29-,30+,34+/m1/s1. The third-order valence-electron chi connectivity index (χ3n) is 7.76. The van der Waals surface area contributed by atoms with E-state index < -0.39 is 18.1 Å². The Morgan fingerprint density at radius 1 is 0.911 bits per heavy atom. The molecule has 2 amide bonds. The van der Waals surface area contributed by atoms with E-state index in [0.717, 1.165) is 51.9 Å². The number of rotatable bonds is 12. The maximum absolute atomic E-state index is 14.0. The van der Waals surface area contributed by atoms with Gasteiger partial charge in [0.15, 0.2) is 0 Å². The fourth-order valence-corrected chi connectivity index (χ4v) is 6.77. The van der Waals surface area contributed by atoms with Crippen molar-refractivity contribution in [3.05, 3.63) is 131 Å². The molecule has 5 rings (SSSR count). The summed E-state index contributed by atoms with van der Waals surface area (Å²) in [6.45, 7) is 1.57. The van der Waals surface area contributed by atoms with Gasteiger partial charge in [0.2, 0.25) is 5.91 Å². The Morgan fingerprint density at radius 2 is 1.58 bits per heavy atom. The predicted molar refractivity (Wildman–Crippen MR) is 181 cm³/mol. The van der Waals surface area contributed by atoms with E-state index in [1.165, 1.54) is 7.11 Å². The van der Waals surface area contributed by atoms with Gasteiger partial charge in [0.1, 0.15) is 6.04 Å². The molecule has 7 nitrogen and oxygen atoms in total. The van der Waals surface area contributed by atoms with E-state index in [2.05, 4.69) is 22.0 Å². The number of aryl methyl sites for hydroxylation is 1. The average Bonchev–Trinajstić information content (AvgIpc) is 3.08. The Morgan fingerprint density at radius 3 is 2.27 bits per heavy atom. The zero-order chi connectivity index (χ0) is 31.4. The topological polar surface area (TPSA) is 88.7 Å². The third-order valence-corrected chi connectivity index (χ3v) is 9.12. The van der Waals surface area contributed by atoms with E-state index >= 15 is 0 Å². The van der Waals surface area contributed by atoms with Crippen molar-refractivity contribution in [3.63, 3.8) is 0 Å². The van der Waals surface area contributed by atoms with Crippen LogP contribution in [0.15, 0.2) is 114 Å². The minimum atomic E-state index is -0.932. The lowest BCUT2D eigenvalue weighted by atomic mass is 9.84. The number of ether oxygens (including phenoxy) is 2. The molecule has 1 aliphatic rings. The number of hydrogen-bond acceptors (Lipinski definition) is 6. The van der Waals surface area contributed by atoms with Gasteiger partial charge < -0.3 is 25.4 Å². The molecule has 1 saturated heterocycles. The maximum Gasteiger partial charge on any atom is 0.407 e. The first-order valence-electron chi connectivity index (χ1n) is 15.1. The highest BCUT2D eigenvalue weighted by Crippen LogP contribution is 2.30. The molecule has 0 unspecified atom stereocenters. The molecule has 0 saturated carbocycles. The first kappa shape index (κ1) is 32.6. The molecule has 0 bridgehead atoms. The summed E-state index contributed by atoms with van der Waals surface area (Å²) in [5.41, 5.74) is 3.51. The maximum atomic E-state index is 14.0. The monoisotopic (exact) mass is 643 g/mol. The van der Waals surface area contributed by atoms with Gasteiger partial charge in [-0.1, -0.05) is 96.5 Å². The van der Waals surface area contributed by atoms with E-state index in [4.69, 9.17) is 21.1 Å². The minimum absolute atomic E-state index is 0.0433. The van der Waals surface area contributed by atoms with E-state index in [1.807, 2.05) is 103 Å². The van der Waals surface area contributed by atoms with Crippen molar-refractivity contribution in [2.24, 2.45) is 0 Å². The Balaban J connectivity index is 1.27. The lowest BCUT2D eigenvalue weighted by molar-refractivity contribution is -0.118. The van der Waals surface area contributed by atoms with Gasteiger partial charge in [-0.25, -0.2) is 4.79 Å². The molecule has 0 aliphatic carbocycles. The Labute approximate surface area is 274 Å². The zero-order valence-electron chi connectivity index (χ0n) is 25.2. The van der Waals surface area contributed by atoms with Gasteiger partial charge in [-0.2, -0.15) is 0 Å². The van der Waals surface area contributed by atoms with Crippen molar-refractivity contribution < 1.29 is 19.1 Å². The molecular formula is C36H38ClN3O4S. The quantitative estimate of drug-likeness (QED) is 0.145. The van der Waals surface area contributed by atoms with Crippen molar-refractivity contribution in [2.45, 2.75) is 41.9 Å². The summed E-state index contributed by atoms with van der Waals surface area (Å²) in [7, 11) is 1.29. The fourth-order valence-electron chi connectivity index (χ4n) is 5.56. The first-order chi connectivity index (χ1) is 22.0. The minimum Gasteiger partial charge on any atom is -0.453 e. The van der Waals surface area contributed by atoms with Gasteiger partial charge in [0, 0.05) is 40.4 Å². The number of alkyl carbamates (subject to hydrolysis) is 1. The summed E-state index contributed by atoms with van der Waals surface area (Å²) in [6, 6.07) is 34.1. The Bertz CT molecular complexity index is 1500. The van der Waals surface area contributed by atoms with Crippen molar-refractivity contribution in [3.8, 4) is 0 Å². The number of halogens is 1. The van der Waals surface area contributed by atoms with Crippen LogP contribution >= 0.6 is 23.4 Å². The van der Waals surface area contributed by atoms with Crippen LogP contribution in [0.2, 0.25) is 5.02 Å². The Kier molecular flexibility index (Phi) is 11.9. The number of carbonyl (C=O) groups is 2. The van der Waals surface area contributed by atoms with Crippen LogP contribution in [0.25, 0.3) is 0 Å². The van der Waals surface area contributed by atoms with Crippen molar-refractivity contribution in [1.29, 1.82) is 0 Å². The highest BCUT2D eigenvalue weighted by atomic mass is 35.5.